The molecule has 0 bridgehead atoms. The topological polar surface area (TPSA) is 78.9 Å². The number of hydrogen-bond acceptors (Lipinski definition) is 6. The minimum absolute atomic E-state index is 0.0983. The Morgan fingerprint density at radius 1 is 0.300 bits per heavy atom. The van der Waals surface area contributed by atoms with Gasteiger partial charge in [0.1, 0.15) is 13.2 Å². The number of esters is 3. The first kappa shape index (κ1) is 66.1. The summed E-state index contributed by atoms with van der Waals surface area (Å²) in [7, 11) is 0. The summed E-state index contributed by atoms with van der Waals surface area (Å²) in [5, 5.41) is 0. The highest BCUT2D eigenvalue weighted by Gasteiger charge is 2.19. The molecule has 0 fully saturated rings. The van der Waals surface area contributed by atoms with E-state index in [0.717, 1.165) is 154 Å². The van der Waals surface area contributed by atoms with E-state index in [4.69, 9.17) is 14.2 Å². The Kier molecular flexibility index (Phi) is 54.4. The molecule has 6 nitrogen and oxygen atoms in total. The van der Waals surface area contributed by atoms with Crippen LogP contribution in [0.5, 0.6) is 0 Å². The zero-order valence-electron chi connectivity index (χ0n) is 45.5. The van der Waals surface area contributed by atoms with Gasteiger partial charge in [0, 0.05) is 19.3 Å². The fourth-order valence-electron chi connectivity index (χ4n) is 7.65. The predicted octanol–water partition coefficient (Wildman–Crippen LogP) is 19.5. The van der Waals surface area contributed by atoms with Crippen LogP contribution in [0.3, 0.4) is 0 Å². The van der Waals surface area contributed by atoms with Crippen molar-refractivity contribution in [2.75, 3.05) is 13.2 Å². The van der Waals surface area contributed by atoms with Crippen molar-refractivity contribution in [3.63, 3.8) is 0 Å². The first-order chi connectivity index (χ1) is 34.5. The molecule has 0 heterocycles. The molecular formula is C64H106O6. The molecule has 0 aliphatic heterocycles. The third kappa shape index (κ3) is 55.0. The van der Waals surface area contributed by atoms with Gasteiger partial charge in [0.2, 0.25) is 0 Å². The second-order valence-corrected chi connectivity index (χ2v) is 18.8. The second-order valence-electron chi connectivity index (χ2n) is 18.8. The lowest BCUT2D eigenvalue weighted by atomic mass is 10.1. The van der Waals surface area contributed by atoms with Gasteiger partial charge in [0.15, 0.2) is 6.10 Å². The van der Waals surface area contributed by atoms with Gasteiger partial charge in [-0.25, -0.2) is 0 Å². The van der Waals surface area contributed by atoms with Crippen LogP contribution in [0.15, 0.2) is 109 Å². The van der Waals surface area contributed by atoms with Crippen LogP contribution in [0.1, 0.15) is 258 Å². The lowest BCUT2D eigenvalue weighted by Crippen LogP contribution is -2.30. The summed E-state index contributed by atoms with van der Waals surface area (Å²) < 4.78 is 16.8. The summed E-state index contributed by atoms with van der Waals surface area (Å²) in [5.74, 6) is -0.945. The van der Waals surface area contributed by atoms with Crippen LogP contribution < -0.4 is 0 Å². The molecule has 0 spiro atoms. The molecule has 0 aliphatic carbocycles. The molecule has 0 rings (SSSR count). The van der Waals surface area contributed by atoms with Crippen LogP contribution >= 0.6 is 0 Å². The van der Waals surface area contributed by atoms with Crippen molar-refractivity contribution >= 4 is 17.9 Å². The molecular weight excluding hydrogens is 865 g/mol. The zero-order chi connectivity index (χ0) is 50.7. The number of unbranched alkanes of at least 4 members (excludes halogenated alkanes) is 22. The van der Waals surface area contributed by atoms with Crippen LogP contribution in [0.2, 0.25) is 0 Å². The van der Waals surface area contributed by atoms with Gasteiger partial charge in [-0.15, -0.1) is 0 Å². The van der Waals surface area contributed by atoms with Gasteiger partial charge in [-0.2, -0.15) is 0 Å². The van der Waals surface area contributed by atoms with Crippen molar-refractivity contribution in [2.45, 2.75) is 264 Å². The van der Waals surface area contributed by atoms with E-state index < -0.39 is 6.10 Å². The van der Waals surface area contributed by atoms with E-state index in [1.807, 2.05) is 0 Å². The highest BCUT2D eigenvalue weighted by atomic mass is 16.6. The highest BCUT2D eigenvalue weighted by Crippen LogP contribution is 2.14. The Morgan fingerprint density at radius 3 is 0.943 bits per heavy atom. The molecule has 0 amide bonds. The molecule has 1 atom stereocenters. The minimum Gasteiger partial charge on any atom is -0.462 e. The normalized spacial score (nSPS) is 12.9. The molecule has 398 valence electrons. The van der Waals surface area contributed by atoms with Gasteiger partial charge in [0.25, 0.3) is 0 Å². The van der Waals surface area contributed by atoms with Gasteiger partial charge in [0.05, 0.1) is 0 Å². The van der Waals surface area contributed by atoms with E-state index >= 15 is 0 Å². The van der Waals surface area contributed by atoms with E-state index in [9.17, 15) is 14.4 Å². The van der Waals surface area contributed by atoms with Crippen molar-refractivity contribution in [3.05, 3.63) is 109 Å². The Labute approximate surface area is 431 Å². The van der Waals surface area contributed by atoms with Crippen LogP contribution in [-0.4, -0.2) is 37.2 Å². The Bertz CT molecular complexity index is 1440. The zero-order valence-corrected chi connectivity index (χ0v) is 45.5. The molecule has 0 N–H and O–H groups in total. The summed E-state index contributed by atoms with van der Waals surface area (Å²) in [6, 6.07) is 0. The van der Waals surface area contributed by atoms with Gasteiger partial charge < -0.3 is 14.2 Å². The summed E-state index contributed by atoms with van der Waals surface area (Å²) in [4.78, 5) is 38.1. The van der Waals surface area contributed by atoms with E-state index in [1.54, 1.807) is 0 Å². The third-order valence-electron chi connectivity index (χ3n) is 12.0. The minimum atomic E-state index is -0.801. The van der Waals surface area contributed by atoms with E-state index in [-0.39, 0.29) is 31.1 Å². The van der Waals surface area contributed by atoms with Crippen molar-refractivity contribution in [2.24, 2.45) is 0 Å². The van der Waals surface area contributed by atoms with Crippen molar-refractivity contribution in [1.29, 1.82) is 0 Å². The Hall–Kier alpha value is -3.93. The quantitative estimate of drug-likeness (QED) is 0.0262. The number of hydrogen-bond donors (Lipinski definition) is 0. The van der Waals surface area contributed by atoms with Gasteiger partial charge in [-0.1, -0.05) is 226 Å². The first-order valence-corrected chi connectivity index (χ1v) is 28.9. The van der Waals surface area contributed by atoms with Crippen LogP contribution in [0, 0.1) is 0 Å². The molecule has 70 heavy (non-hydrogen) atoms. The fourth-order valence-corrected chi connectivity index (χ4v) is 7.65. The lowest BCUT2D eigenvalue weighted by Gasteiger charge is -2.18. The maximum atomic E-state index is 12.8. The monoisotopic (exact) mass is 971 g/mol. The van der Waals surface area contributed by atoms with Gasteiger partial charge >= 0.3 is 17.9 Å². The standard InChI is InChI=1S/C64H106O6/c1-4-7-10-13-16-19-22-25-27-29-30-31-32-33-34-35-37-39-42-45-48-51-54-57-63(66)69-60-61(59-68-62(65)56-53-50-47-44-41-38-24-21-18-15-12-9-6-3)70-64(67)58-55-52-49-46-43-40-36-28-26-23-20-17-14-11-8-5-2/h7,10,12,15-16,19,21,24-25,27-28,30-31,33-34,36-37,39,61H,4-6,8-9,11,13-14,17-18,20,22-23,26,29,32,35,38,40-60H2,1-3H3/b10-7-,15-12-,19-16-,24-21-,27-25-,31-30-,34-33-,36-28-,39-37-. The number of rotatable bonds is 51. The summed E-state index contributed by atoms with van der Waals surface area (Å²) in [6.07, 6.45) is 77.9. The van der Waals surface area contributed by atoms with Gasteiger partial charge in [-0.05, 0) is 122 Å². The average Bonchev–Trinajstić information content (AvgIpc) is 3.36. The summed E-state index contributed by atoms with van der Waals surface area (Å²) in [6.45, 7) is 6.42. The van der Waals surface area contributed by atoms with Crippen LogP contribution in [-0.2, 0) is 28.6 Å². The number of ether oxygens (including phenoxy) is 3. The summed E-state index contributed by atoms with van der Waals surface area (Å²) >= 11 is 0. The predicted molar refractivity (Wildman–Crippen MR) is 302 cm³/mol. The van der Waals surface area contributed by atoms with Gasteiger partial charge in [-0.3, -0.25) is 14.4 Å². The maximum absolute atomic E-state index is 12.8. The first-order valence-electron chi connectivity index (χ1n) is 28.9. The molecule has 0 saturated heterocycles. The van der Waals surface area contributed by atoms with Crippen molar-refractivity contribution in [3.8, 4) is 0 Å². The second kappa shape index (κ2) is 57.6. The summed E-state index contributed by atoms with van der Waals surface area (Å²) in [5.41, 5.74) is 0. The molecule has 0 aliphatic rings. The smallest absolute Gasteiger partial charge is 0.306 e. The molecule has 1 unspecified atom stereocenters. The van der Waals surface area contributed by atoms with E-state index in [2.05, 4.69) is 130 Å². The van der Waals surface area contributed by atoms with E-state index in [0.29, 0.717) is 19.3 Å². The molecule has 0 aromatic carbocycles. The average molecular weight is 972 g/mol. The molecule has 0 aromatic rings. The third-order valence-corrected chi connectivity index (χ3v) is 12.0. The largest absolute Gasteiger partial charge is 0.462 e. The molecule has 6 heteroatoms. The van der Waals surface area contributed by atoms with E-state index in [1.165, 1.54) is 64.2 Å². The Balaban J connectivity index is 4.44. The number of carbonyl (C=O) groups is 3. The maximum Gasteiger partial charge on any atom is 0.306 e. The van der Waals surface area contributed by atoms with Crippen molar-refractivity contribution in [1.82, 2.24) is 0 Å². The molecule has 0 radical (unpaired) electrons. The van der Waals surface area contributed by atoms with Crippen LogP contribution in [0.4, 0.5) is 0 Å². The lowest BCUT2D eigenvalue weighted by molar-refractivity contribution is -0.167. The Morgan fingerprint density at radius 2 is 0.586 bits per heavy atom. The van der Waals surface area contributed by atoms with Crippen molar-refractivity contribution < 1.29 is 28.6 Å². The number of carbonyl (C=O) groups excluding carboxylic acids is 3. The fraction of sp³-hybridized carbons (Fsp3) is 0.672. The highest BCUT2D eigenvalue weighted by molar-refractivity contribution is 5.71. The molecule has 0 aromatic heterocycles. The SMILES string of the molecule is CC/C=C\C/C=C\C/C=C\C/C=C\C/C=C\C/C=C\CCCCCCC(=O)OCC(COC(=O)CCCCCCC/C=C\C/C=C\CCC)OC(=O)CCCCCCC/C=C\CCCCCCCCC. The molecule has 0 saturated carbocycles. The number of allylic oxidation sites excluding steroid dienone is 18. The van der Waals surface area contributed by atoms with Crippen LogP contribution in [0.25, 0.3) is 0 Å².